The van der Waals surface area contributed by atoms with Crippen molar-refractivity contribution in [3.8, 4) is 0 Å². The van der Waals surface area contributed by atoms with Crippen molar-refractivity contribution in [2.75, 3.05) is 0 Å². The zero-order valence-electron chi connectivity index (χ0n) is 17.7. The third kappa shape index (κ3) is 3.92. The van der Waals surface area contributed by atoms with E-state index in [0.717, 1.165) is 41.3 Å². The van der Waals surface area contributed by atoms with Crippen LogP contribution in [0.2, 0.25) is 5.02 Å². The zero-order chi connectivity index (χ0) is 22.1. The smallest absolute Gasteiger partial charge is 0.352 e. The van der Waals surface area contributed by atoms with E-state index in [1.54, 1.807) is 0 Å². The molecule has 1 atom stereocenters. The van der Waals surface area contributed by atoms with Crippen LogP contribution in [0.5, 0.6) is 0 Å². The summed E-state index contributed by atoms with van der Waals surface area (Å²) in [5, 5.41) is 15.5. The summed E-state index contributed by atoms with van der Waals surface area (Å²) >= 11 is 6.18. The number of carboxylic acid groups (broad SMARTS) is 1. The highest BCUT2D eigenvalue weighted by atomic mass is 35.5. The van der Waals surface area contributed by atoms with Crippen LogP contribution in [0.4, 0.5) is 0 Å². The number of hydrogen-bond donors (Lipinski definition) is 2. The minimum atomic E-state index is -0.913. The number of carboxylic acids is 1. The van der Waals surface area contributed by atoms with Gasteiger partial charge in [0, 0.05) is 40.6 Å². The van der Waals surface area contributed by atoms with Crippen molar-refractivity contribution in [3.05, 3.63) is 106 Å². The summed E-state index contributed by atoms with van der Waals surface area (Å²) in [5.41, 5.74) is 5.78. The maximum atomic E-state index is 12.4. The molecule has 162 valence electrons. The highest BCUT2D eigenvalue weighted by Gasteiger charge is 2.25. The van der Waals surface area contributed by atoms with E-state index < -0.39 is 5.97 Å². The molecular formula is C27H25ClN2O2. The second-order valence-electron chi connectivity index (χ2n) is 8.39. The first-order valence-electron chi connectivity index (χ1n) is 11.0. The molecule has 1 aromatic heterocycles. The van der Waals surface area contributed by atoms with Crippen LogP contribution in [-0.2, 0) is 19.5 Å². The number of halogens is 1. The maximum absolute atomic E-state index is 12.4. The number of para-hydroxylation sites is 1. The van der Waals surface area contributed by atoms with E-state index in [0.29, 0.717) is 23.8 Å². The topological polar surface area (TPSA) is 54.3 Å². The molecule has 4 aromatic rings. The van der Waals surface area contributed by atoms with Gasteiger partial charge in [0.2, 0.25) is 0 Å². The van der Waals surface area contributed by atoms with Crippen molar-refractivity contribution in [1.82, 2.24) is 9.88 Å². The van der Waals surface area contributed by atoms with Crippen molar-refractivity contribution in [2.45, 2.75) is 38.4 Å². The first kappa shape index (κ1) is 20.8. The van der Waals surface area contributed by atoms with Gasteiger partial charge in [0.25, 0.3) is 0 Å². The molecule has 0 aliphatic heterocycles. The van der Waals surface area contributed by atoms with Crippen LogP contribution in [-0.4, -0.2) is 15.6 Å². The fourth-order valence-corrected chi connectivity index (χ4v) is 5.18. The lowest BCUT2D eigenvalue weighted by Crippen LogP contribution is -2.25. The maximum Gasteiger partial charge on any atom is 0.352 e. The van der Waals surface area contributed by atoms with Gasteiger partial charge in [0.05, 0.1) is 0 Å². The Morgan fingerprint density at radius 3 is 2.72 bits per heavy atom. The molecule has 1 unspecified atom stereocenters. The van der Waals surface area contributed by atoms with Crippen LogP contribution >= 0.6 is 11.6 Å². The number of nitrogens with zero attached hydrogens (tertiary/aromatic N) is 1. The van der Waals surface area contributed by atoms with Crippen molar-refractivity contribution in [2.24, 2.45) is 0 Å². The fourth-order valence-electron chi connectivity index (χ4n) is 4.97. The van der Waals surface area contributed by atoms with E-state index >= 15 is 0 Å². The Hall–Kier alpha value is -3.08. The predicted octanol–water partition coefficient (Wildman–Crippen LogP) is 6.21. The third-order valence-electron chi connectivity index (χ3n) is 6.40. The highest BCUT2D eigenvalue weighted by Crippen LogP contribution is 2.32. The van der Waals surface area contributed by atoms with Gasteiger partial charge in [-0.2, -0.15) is 0 Å². The molecule has 1 aliphatic carbocycles. The number of hydrogen-bond acceptors (Lipinski definition) is 2. The second-order valence-corrected chi connectivity index (χ2v) is 8.83. The molecule has 0 amide bonds. The SMILES string of the molecule is O=C(O)c1c(CNC2CCCc3ccccc32)c2ccccc2n1Cc1cccc(Cl)c1. The number of aromatic nitrogens is 1. The monoisotopic (exact) mass is 444 g/mol. The quantitative estimate of drug-likeness (QED) is 0.371. The van der Waals surface area contributed by atoms with Gasteiger partial charge < -0.3 is 15.0 Å². The molecular weight excluding hydrogens is 420 g/mol. The highest BCUT2D eigenvalue weighted by molar-refractivity contribution is 6.30. The molecule has 2 N–H and O–H groups in total. The van der Waals surface area contributed by atoms with Crippen molar-refractivity contribution >= 4 is 28.5 Å². The molecule has 0 spiro atoms. The Morgan fingerprint density at radius 2 is 1.88 bits per heavy atom. The van der Waals surface area contributed by atoms with Crippen molar-refractivity contribution < 1.29 is 9.90 Å². The van der Waals surface area contributed by atoms with Crippen LogP contribution in [0.25, 0.3) is 10.9 Å². The molecule has 4 nitrogen and oxygen atoms in total. The molecule has 3 aromatic carbocycles. The van der Waals surface area contributed by atoms with Gasteiger partial charge in [-0.05, 0) is 54.2 Å². The number of carbonyl (C=O) groups is 1. The Bertz CT molecular complexity index is 1290. The van der Waals surface area contributed by atoms with Crippen LogP contribution in [0.15, 0.2) is 72.8 Å². The summed E-state index contributed by atoms with van der Waals surface area (Å²) in [5.74, 6) is -0.913. The van der Waals surface area contributed by atoms with Gasteiger partial charge in [-0.25, -0.2) is 4.79 Å². The number of rotatable bonds is 6. The van der Waals surface area contributed by atoms with E-state index in [4.69, 9.17) is 11.6 Å². The molecule has 5 rings (SSSR count). The molecule has 0 radical (unpaired) electrons. The lowest BCUT2D eigenvalue weighted by molar-refractivity contribution is 0.0684. The van der Waals surface area contributed by atoms with Gasteiger partial charge in [0.1, 0.15) is 5.69 Å². The minimum Gasteiger partial charge on any atom is -0.477 e. The molecule has 1 heterocycles. The molecule has 1 aliphatic rings. The van der Waals surface area contributed by atoms with E-state index in [9.17, 15) is 9.90 Å². The van der Waals surface area contributed by atoms with E-state index in [-0.39, 0.29) is 6.04 Å². The molecule has 0 saturated heterocycles. The third-order valence-corrected chi connectivity index (χ3v) is 6.64. The van der Waals surface area contributed by atoms with E-state index in [2.05, 4.69) is 29.6 Å². The minimum absolute atomic E-state index is 0.233. The molecule has 0 fully saturated rings. The molecule has 5 heteroatoms. The van der Waals surface area contributed by atoms with Gasteiger partial charge in [-0.3, -0.25) is 0 Å². The Morgan fingerprint density at radius 1 is 1.06 bits per heavy atom. The number of aryl methyl sites for hydroxylation is 1. The van der Waals surface area contributed by atoms with E-state index in [1.165, 1.54) is 11.1 Å². The van der Waals surface area contributed by atoms with Gasteiger partial charge in [0.15, 0.2) is 0 Å². The van der Waals surface area contributed by atoms with Crippen LogP contribution < -0.4 is 5.32 Å². The average molecular weight is 445 g/mol. The summed E-state index contributed by atoms with van der Waals surface area (Å²) in [7, 11) is 0. The Kier molecular flexibility index (Phi) is 5.73. The summed E-state index contributed by atoms with van der Waals surface area (Å²) in [6, 6.07) is 24.3. The number of fused-ring (bicyclic) bond motifs is 2. The lowest BCUT2D eigenvalue weighted by Gasteiger charge is -2.26. The molecule has 32 heavy (non-hydrogen) atoms. The summed E-state index contributed by atoms with van der Waals surface area (Å²) in [6.07, 6.45) is 3.30. The number of aromatic carboxylic acids is 1. The van der Waals surface area contributed by atoms with Crippen molar-refractivity contribution in [3.63, 3.8) is 0 Å². The average Bonchev–Trinajstić information content (AvgIpc) is 3.11. The Labute approximate surface area is 192 Å². The first-order chi connectivity index (χ1) is 15.6. The normalized spacial score (nSPS) is 15.6. The van der Waals surface area contributed by atoms with Crippen LogP contribution in [0.1, 0.15) is 51.6 Å². The van der Waals surface area contributed by atoms with Gasteiger partial charge in [-0.15, -0.1) is 0 Å². The van der Waals surface area contributed by atoms with Crippen LogP contribution in [0.3, 0.4) is 0 Å². The fraction of sp³-hybridized carbons (Fsp3) is 0.222. The summed E-state index contributed by atoms with van der Waals surface area (Å²) < 4.78 is 1.90. The molecule has 0 saturated carbocycles. The van der Waals surface area contributed by atoms with Gasteiger partial charge in [-0.1, -0.05) is 66.2 Å². The summed E-state index contributed by atoms with van der Waals surface area (Å²) in [6.45, 7) is 0.957. The van der Waals surface area contributed by atoms with Gasteiger partial charge >= 0.3 is 5.97 Å². The largest absolute Gasteiger partial charge is 0.477 e. The Balaban J connectivity index is 1.53. The number of benzene rings is 3. The second kappa shape index (κ2) is 8.81. The first-order valence-corrected chi connectivity index (χ1v) is 11.4. The molecule has 0 bridgehead atoms. The van der Waals surface area contributed by atoms with E-state index in [1.807, 2.05) is 53.1 Å². The lowest BCUT2D eigenvalue weighted by atomic mass is 9.87. The predicted molar refractivity (Wildman–Crippen MR) is 128 cm³/mol. The zero-order valence-corrected chi connectivity index (χ0v) is 18.5. The number of nitrogens with one attached hydrogen (secondary N) is 1. The van der Waals surface area contributed by atoms with Crippen molar-refractivity contribution in [1.29, 1.82) is 0 Å². The van der Waals surface area contributed by atoms with Crippen LogP contribution in [0, 0.1) is 0 Å². The summed E-state index contributed by atoms with van der Waals surface area (Å²) in [4.78, 5) is 12.4. The standard InChI is InChI=1S/C27H25ClN2O2/c28-20-10-5-7-18(15-20)17-30-25-14-4-3-12-22(25)23(26(30)27(31)32)16-29-24-13-6-9-19-8-1-2-11-21(19)24/h1-5,7-8,10-12,14-15,24,29H,6,9,13,16-17H2,(H,31,32).